The second kappa shape index (κ2) is 6.42. The number of hydrogen-bond donors (Lipinski definition) is 1. The zero-order chi connectivity index (χ0) is 15.1. The third-order valence-electron chi connectivity index (χ3n) is 4.03. The highest BCUT2D eigenvalue weighted by Gasteiger charge is 2.39. The predicted octanol–water partition coefficient (Wildman–Crippen LogP) is 2.82. The number of sulfonamides is 1. The van der Waals surface area contributed by atoms with E-state index in [0.717, 1.165) is 0 Å². The highest BCUT2D eigenvalue weighted by molar-refractivity contribution is 7.89. The largest absolute Gasteiger partial charge is 0.327 e. The van der Waals surface area contributed by atoms with Crippen molar-refractivity contribution in [1.82, 2.24) is 4.31 Å². The normalized spacial score (nSPS) is 22.6. The Morgan fingerprint density at radius 1 is 1.38 bits per heavy atom. The fourth-order valence-corrected chi connectivity index (χ4v) is 4.63. The standard InChI is InChI=1S/C14H21ClN2O2S.ClH/c1-10-8-11(15)4-5-12(10)20(18,19)17-7-6-13(16)14(2,3)9-17;/h4-5,8,13H,6-7,9,16H2,1-3H3;1H. The first-order valence-electron chi connectivity index (χ1n) is 6.66. The molecule has 0 saturated carbocycles. The molecule has 0 aliphatic carbocycles. The van der Waals surface area contributed by atoms with Crippen LogP contribution >= 0.6 is 24.0 Å². The minimum Gasteiger partial charge on any atom is -0.327 e. The summed E-state index contributed by atoms with van der Waals surface area (Å²) in [6.07, 6.45) is 0.679. The van der Waals surface area contributed by atoms with Gasteiger partial charge in [-0.15, -0.1) is 12.4 Å². The van der Waals surface area contributed by atoms with Crippen LogP contribution in [0.2, 0.25) is 5.02 Å². The van der Waals surface area contributed by atoms with Gasteiger partial charge in [-0.2, -0.15) is 4.31 Å². The number of nitrogens with two attached hydrogens (primary N) is 1. The van der Waals surface area contributed by atoms with Crippen LogP contribution in [0.25, 0.3) is 0 Å². The second-order valence-corrected chi connectivity index (χ2v) is 8.47. The number of hydrogen-bond acceptors (Lipinski definition) is 3. The molecule has 0 spiro atoms. The van der Waals surface area contributed by atoms with E-state index in [4.69, 9.17) is 17.3 Å². The third-order valence-corrected chi connectivity index (χ3v) is 6.27. The van der Waals surface area contributed by atoms with E-state index < -0.39 is 10.0 Å². The van der Waals surface area contributed by atoms with E-state index >= 15 is 0 Å². The number of halogens is 2. The van der Waals surface area contributed by atoms with Crippen molar-refractivity contribution in [1.29, 1.82) is 0 Å². The SMILES string of the molecule is Cc1cc(Cl)ccc1S(=O)(=O)N1CCC(N)C(C)(C)C1.Cl. The quantitative estimate of drug-likeness (QED) is 0.889. The lowest BCUT2D eigenvalue weighted by Crippen LogP contribution is -2.53. The van der Waals surface area contributed by atoms with Gasteiger partial charge in [0.2, 0.25) is 10.0 Å². The van der Waals surface area contributed by atoms with Gasteiger partial charge in [0.15, 0.2) is 0 Å². The Labute approximate surface area is 138 Å². The molecule has 1 saturated heterocycles. The van der Waals surface area contributed by atoms with Gasteiger partial charge in [0.25, 0.3) is 0 Å². The smallest absolute Gasteiger partial charge is 0.243 e. The molecule has 1 fully saturated rings. The molecule has 0 amide bonds. The highest BCUT2D eigenvalue weighted by atomic mass is 35.5. The van der Waals surface area contributed by atoms with Gasteiger partial charge >= 0.3 is 0 Å². The van der Waals surface area contributed by atoms with E-state index in [1.54, 1.807) is 25.1 Å². The molecule has 2 N–H and O–H groups in total. The van der Waals surface area contributed by atoms with Crippen LogP contribution in [-0.2, 0) is 10.0 Å². The van der Waals surface area contributed by atoms with Crippen molar-refractivity contribution < 1.29 is 8.42 Å². The first-order valence-corrected chi connectivity index (χ1v) is 8.48. The van der Waals surface area contributed by atoms with Crippen LogP contribution in [0, 0.1) is 12.3 Å². The minimum atomic E-state index is -3.48. The first kappa shape index (κ1) is 18.7. The molecule has 1 aliphatic rings. The minimum absolute atomic E-state index is 0. The monoisotopic (exact) mass is 352 g/mol. The van der Waals surface area contributed by atoms with Crippen LogP contribution in [0.15, 0.2) is 23.1 Å². The Balaban J connectivity index is 0.00000220. The zero-order valence-electron chi connectivity index (χ0n) is 12.5. The van der Waals surface area contributed by atoms with Crippen LogP contribution in [0.3, 0.4) is 0 Å². The maximum absolute atomic E-state index is 12.8. The molecule has 21 heavy (non-hydrogen) atoms. The number of piperidine rings is 1. The van der Waals surface area contributed by atoms with Crippen molar-refractivity contribution in [3.8, 4) is 0 Å². The predicted molar refractivity (Wildman–Crippen MR) is 88.6 cm³/mol. The lowest BCUT2D eigenvalue weighted by atomic mass is 9.81. The molecular weight excluding hydrogens is 331 g/mol. The van der Waals surface area contributed by atoms with Crippen molar-refractivity contribution in [2.75, 3.05) is 13.1 Å². The summed E-state index contributed by atoms with van der Waals surface area (Å²) in [7, 11) is -3.48. The summed E-state index contributed by atoms with van der Waals surface area (Å²) >= 11 is 5.89. The molecule has 0 bridgehead atoms. The molecule has 0 aromatic heterocycles. The molecular formula is C14H22Cl2N2O2S. The lowest BCUT2D eigenvalue weighted by molar-refractivity contribution is 0.155. The Bertz CT molecular complexity index is 617. The Kier molecular flexibility index (Phi) is 5.73. The van der Waals surface area contributed by atoms with E-state index in [9.17, 15) is 8.42 Å². The lowest BCUT2D eigenvalue weighted by Gasteiger charge is -2.41. The van der Waals surface area contributed by atoms with Gasteiger partial charge in [0.1, 0.15) is 0 Å². The van der Waals surface area contributed by atoms with Gasteiger partial charge in [-0.25, -0.2) is 8.42 Å². The number of nitrogens with zero attached hydrogens (tertiary/aromatic N) is 1. The summed E-state index contributed by atoms with van der Waals surface area (Å²) in [4.78, 5) is 0.327. The van der Waals surface area contributed by atoms with Crippen molar-refractivity contribution in [2.24, 2.45) is 11.1 Å². The summed E-state index contributed by atoms with van der Waals surface area (Å²) in [6.45, 7) is 6.69. The molecule has 1 aliphatic heterocycles. The van der Waals surface area contributed by atoms with Gasteiger partial charge in [0, 0.05) is 24.2 Å². The zero-order valence-corrected chi connectivity index (χ0v) is 14.9. The average molecular weight is 353 g/mol. The summed E-state index contributed by atoms with van der Waals surface area (Å²) in [5.74, 6) is 0. The Morgan fingerprint density at radius 2 is 2.00 bits per heavy atom. The maximum Gasteiger partial charge on any atom is 0.243 e. The molecule has 1 aromatic carbocycles. The maximum atomic E-state index is 12.8. The molecule has 1 unspecified atom stereocenters. The second-order valence-electron chi connectivity index (χ2n) is 6.13. The summed E-state index contributed by atoms with van der Waals surface area (Å²) < 4.78 is 27.0. The molecule has 7 heteroatoms. The molecule has 1 aromatic rings. The van der Waals surface area contributed by atoms with Gasteiger partial charge in [-0.1, -0.05) is 25.4 Å². The first-order chi connectivity index (χ1) is 9.14. The molecule has 1 atom stereocenters. The topological polar surface area (TPSA) is 63.4 Å². The van der Waals surface area contributed by atoms with E-state index in [1.807, 2.05) is 13.8 Å². The van der Waals surface area contributed by atoms with Gasteiger partial charge < -0.3 is 5.73 Å². The Hall–Kier alpha value is -0.330. The summed E-state index contributed by atoms with van der Waals surface area (Å²) in [5.41, 5.74) is 6.52. The van der Waals surface area contributed by atoms with Crippen molar-refractivity contribution in [2.45, 2.75) is 38.1 Å². The Morgan fingerprint density at radius 3 is 2.52 bits per heavy atom. The van der Waals surface area contributed by atoms with Crippen molar-refractivity contribution in [3.63, 3.8) is 0 Å². The van der Waals surface area contributed by atoms with Crippen LogP contribution in [0.1, 0.15) is 25.8 Å². The van der Waals surface area contributed by atoms with Crippen LogP contribution in [0.4, 0.5) is 0 Å². The average Bonchev–Trinajstić information content (AvgIpc) is 2.31. The molecule has 120 valence electrons. The van der Waals surface area contributed by atoms with Gasteiger partial charge in [0.05, 0.1) is 4.90 Å². The van der Waals surface area contributed by atoms with Crippen LogP contribution < -0.4 is 5.73 Å². The van der Waals surface area contributed by atoms with E-state index in [0.29, 0.717) is 35.0 Å². The van der Waals surface area contributed by atoms with Crippen LogP contribution in [0.5, 0.6) is 0 Å². The van der Waals surface area contributed by atoms with E-state index in [-0.39, 0.29) is 23.9 Å². The van der Waals surface area contributed by atoms with Crippen molar-refractivity contribution >= 4 is 34.0 Å². The van der Waals surface area contributed by atoms with Crippen LogP contribution in [-0.4, -0.2) is 31.9 Å². The molecule has 0 radical (unpaired) electrons. The van der Waals surface area contributed by atoms with Gasteiger partial charge in [-0.05, 0) is 42.5 Å². The number of rotatable bonds is 2. The summed E-state index contributed by atoms with van der Waals surface area (Å²) in [6, 6.07) is 4.90. The molecule has 2 rings (SSSR count). The van der Waals surface area contributed by atoms with E-state index in [1.165, 1.54) is 4.31 Å². The van der Waals surface area contributed by atoms with Gasteiger partial charge in [-0.3, -0.25) is 0 Å². The highest BCUT2D eigenvalue weighted by Crippen LogP contribution is 2.32. The fraction of sp³-hybridized carbons (Fsp3) is 0.571. The molecule has 4 nitrogen and oxygen atoms in total. The number of benzene rings is 1. The third kappa shape index (κ3) is 3.71. The van der Waals surface area contributed by atoms with E-state index in [2.05, 4.69) is 0 Å². The number of aryl methyl sites for hydroxylation is 1. The van der Waals surface area contributed by atoms with Crippen molar-refractivity contribution in [3.05, 3.63) is 28.8 Å². The fourth-order valence-electron chi connectivity index (χ4n) is 2.57. The summed E-state index contributed by atoms with van der Waals surface area (Å²) in [5, 5.41) is 0.544. The molecule has 1 heterocycles.